The molecule has 3 fully saturated rings. The standard InChI is InChI=1S/C18H31NO4/c1-13(2)17(23-12-14-6-5-10-21-14)18(20)19-9-11-22-16-8-4-3-7-15(16)19/h13-17H,3-12H2,1-2H3/t14-,15+,16+,17-/m0/s1. The molecule has 3 aliphatic rings. The Balaban J connectivity index is 1.62. The van der Waals surface area contributed by atoms with Crippen molar-refractivity contribution in [3.63, 3.8) is 0 Å². The van der Waals surface area contributed by atoms with Crippen molar-refractivity contribution in [1.82, 2.24) is 4.90 Å². The van der Waals surface area contributed by atoms with E-state index in [0.29, 0.717) is 19.8 Å². The van der Waals surface area contributed by atoms with E-state index in [0.717, 1.165) is 32.3 Å². The first kappa shape index (κ1) is 17.2. The lowest BCUT2D eigenvalue weighted by molar-refractivity contribution is -0.165. The SMILES string of the molecule is CC(C)[C@H](OC[C@@H]1CCCO1)C(=O)N1CCO[C@@H]2CCCC[C@H]21. The minimum absolute atomic E-state index is 0.151. The van der Waals surface area contributed by atoms with Crippen LogP contribution in [0.2, 0.25) is 0 Å². The molecule has 0 N–H and O–H groups in total. The number of carbonyl (C=O) groups is 1. The van der Waals surface area contributed by atoms with Crippen molar-refractivity contribution in [3.8, 4) is 0 Å². The van der Waals surface area contributed by atoms with Crippen molar-refractivity contribution in [2.45, 2.75) is 76.7 Å². The summed E-state index contributed by atoms with van der Waals surface area (Å²) in [6.45, 7) is 6.85. The Labute approximate surface area is 139 Å². The van der Waals surface area contributed by atoms with Crippen LogP contribution in [0.4, 0.5) is 0 Å². The Morgan fingerprint density at radius 1 is 1.13 bits per heavy atom. The van der Waals surface area contributed by atoms with Gasteiger partial charge in [-0.1, -0.05) is 26.7 Å². The van der Waals surface area contributed by atoms with Crippen LogP contribution in [0.15, 0.2) is 0 Å². The Kier molecular flexibility index (Phi) is 5.94. The predicted octanol–water partition coefficient (Wildman–Crippen LogP) is 2.38. The van der Waals surface area contributed by atoms with Gasteiger partial charge in [0, 0.05) is 13.2 Å². The molecule has 2 saturated heterocycles. The predicted molar refractivity (Wildman–Crippen MR) is 87.3 cm³/mol. The van der Waals surface area contributed by atoms with Gasteiger partial charge in [0.25, 0.3) is 5.91 Å². The van der Waals surface area contributed by atoms with E-state index in [1.54, 1.807) is 0 Å². The minimum atomic E-state index is -0.361. The number of rotatable bonds is 5. The maximum atomic E-state index is 13.1. The number of amides is 1. The van der Waals surface area contributed by atoms with E-state index in [1.807, 2.05) is 4.90 Å². The molecule has 2 aliphatic heterocycles. The third kappa shape index (κ3) is 4.06. The molecule has 0 spiro atoms. The number of hydrogen-bond donors (Lipinski definition) is 0. The van der Waals surface area contributed by atoms with E-state index in [-0.39, 0.29) is 36.2 Å². The van der Waals surface area contributed by atoms with Gasteiger partial charge in [-0.05, 0) is 31.6 Å². The molecule has 3 rings (SSSR count). The maximum absolute atomic E-state index is 13.1. The van der Waals surface area contributed by atoms with Crippen molar-refractivity contribution in [2.24, 2.45) is 5.92 Å². The fourth-order valence-corrected chi connectivity index (χ4v) is 4.07. The number of nitrogens with zero attached hydrogens (tertiary/aromatic N) is 1. The Bertz CT molecular complexity index is 392. The summed E-state index contributed by atoms with van der Waals surface area (Å²) in [5.41, 5.74) is 0. The Morgan fingerprint density at radius 2 is 1.96 bits per heavy atom. The van der Waals surface area contributed by atoms with Gasteiger partial charge < -0.3 is 19.1 Å². The molecule has 4 atom stereocenters. The molecule has 1 saturated carbocycles. The molecule has 23 heavy (non-hydrogen) atoms. The van der Waals surface area contributed by atoms with Crippen molar-refractivity contribution in [1.29, 1.82) is 0 Å². The smallest absolute Gasteiger partial charge is 0.252 e. The highest BCUT2D eigenvalue weighted by atomic mass is 16.5. The number of ether oxygens (including phenoxy) is 3. The van der Waals surface area contributed by atoms with Crippen molar-refractivity contribution < 1.29 is 19.0 Å². The largest absolute Gasteiger partial charge is 0.376 e. The molecule has 5 heteroatoms. The van der Waals surface area contributed by atoms with Crippen molar-refractivity contribution in [3.05, 3.63) is 0 Å². The zero-order valence-corrected chi connectivity index (χ0v) is 14.5. The quantitative estimate of drug-likeness (QED) is 0.779. The van der Waals surface area contributed by atoms with Crippen LogP contribution in [0.25, 0.3) is 0 Å². The molecule has 1 aliphatic carbocycles. The molecular formula is C18H31NO4. The topological polar surface area (TPSA) is 48.0 Å². The van der Waals surface area contributed by atoms with E-state index in [1.165, 1.54) is 12.8 Å². The molecule has 2 heterocycles. The van der Waals surface area contributed by atoms with Gasteiger partial charge in [0.15, 0.2) is 0 Å². The summed E-state index contributed by atoms with van der Waals surface area (Å²) in [7, 11) is 0. The highest BCUT2D eigenvalue weighted by molar-refractivity contribution is 5.81. The fraction of sp³-hybridized carbons (Fsp3) is 0.944. The van der Waals surface area contributed by atoms with E-state index < -0.39 is 0 Å². The molecule has 0 unspecified atom stereocenters. The lowest BCUT2D eigenvalue weighted by Gasteiger charge is -2.45. The molecule has 1 amide bonds. The monoisotopic (exact) mass is 325 g/mol. The van der Waals surface area contributed by atoms with Gasteiger partial charge in [-0.2, -0.15) is 0 Å². The molecule has 0 aromatic carbocycles. The molecule has 0 aromatic heterocycles. The highest BCUT2D eigenvalue weighted by Gasteiger charge is 2.40. The maximum Gasteiger partial charge on any atom is 0.252 e. The number of morpholine rings is 1. The molecule has 132 valence electrons. The number of carbonyl (C=O) groups excluding carboxylic acids is 1. The van der Waals surface area contributed by atoms with Gasteiger partial charge >= 0.3 is 0 Å². The third-order valence-corrected chi connectivity index (χ3v) is 5.35. The van der Waals surface area contributed by atoms with Gasteiger partial charge in [0.1, 0.15) is 6.10 Å². The van der Waals surface area contributed by atoms with Crippen molar-refractivity contribution in [2.75, 3.05) is 26.4 Å². The van der Waals surface area contributed by atoms with Gasteiger partial charge in [-0.25, -0.2) is 0 Å². The Hall–Kier alpha value is -0.650. The Morgan fingerprint density at radius 3 is 2.70 bits per heavy atom. The average molecular weight is 325 g/mol. The average Bonchev–Trinajstić information content (AvgIpc) is 3.07. The van der Waals surface area contributed by atoms with Crippen LogP contribution in [0.3, 0.4) is 0 Å². The van der Waals surface area contributed by atoms with Gasteiger partial charge in [-0.15, -0.1) is 0 Å². The summed E-state index contributed by atoms with van der Waals surface area (Å²) in [5, 5.41) is 0. The van der Waals surface area contributed by atoms with E-state index in [2.05, 4.69) is 13.8 Å². The lowest BCUT2D eigenvalue weighted by atomic mass is 9.89. The first-order valence-corrected chi connectivity index (χ1v) is 9.32. The van der Waals surface area contributed by atoms with Crippen LogP contribution in [-0.2, 0) is 19.0 Å². The molecule has 0 aromatic rings. The summed E-state index contributed by atoms with van der Waals surface area (Å²) in [6.07, 6.45) is 6.72. The summed E-state index contributed by atoms with van der Waals surface area (Å²) in [4.78, 5) is 15.2. The molecular weight excluding hydrogens is 294 g/mol. The van der Waals surface area contributed by atoms with E-state index >= 15 is 0 Å². The van der Waals surface area contributed by atoms with Gasteiger partial charge in [0.05, 0.1) is 31.5 Å². The molecule has 5 nitrogen and oxygen atoms in total. The number of hydrogen-bond acceptors (Lipinski definition) is 4. The summed E-state index contributed by atoms with van der Waals surface area (Å²) in [5.74, 6) is 0.326. The second kappa shape index (κ2) is 7.95. The van der Waals surface area contributed by atoms with Gasteiger partial charge in [-0.3, -0.25) is 4.79 Å². The fourth-order valence-electron chi connectivity index (χ4n) is 4.07. The van der Waals surface area contributed by atoms with E-state index in [4.69, 9.17) is 14.2 Å². The van der Waals surface area contributed by atoms with Crippen LogP contribution in [0.5, 0.6) is 0 Å². The minimum Gasteiger partial charge on any atom is -0.376 e. The van der Waals surface area contributed by atoms with Gasteiger partial charge in [0.2, 0.25) is 0 Å². The third-order valence-electron chi connectivity index (χ3n) is 5.35. The lowest BCUT2D eigenvalue weighted by Crippen LogP contribution is -2.58. The summed E-state index contributed by atoms with van der Waals surface area (Å²) in [6, 6.07) is 0.248. The second-order valence-corrected chi connectivity index (χ2v) is 7.43. The van der Waals surface area contributed by atoms with Crippen LogP contribution >= 0.6 is 0 Å². The summed E-state index contributed by atoms with van der Waals surface area (Å²) < 4.78 is 17.5. The highest BCUT2D eigenvalue weighted by Crippen LogP contribution is 2.30. The second-order valence-electron chi connectivity index (χ2n) is 7.43. The normalized spacial score (nSPS) is 32.8. The van der Waals surface area contributed by atoms with Crippen molar-refractivity contribution >= 4 is 5.91 Å². The zero-order chi connectivity index (χ0) is 16.2. The van der Waals surface area contributed by atoms with Crippen LogP contribution in [0.1, 0.15) is 52.4 Å². The zero-order valence-electron chi connectivity index (χ0n) is 14.5. The summed E-state index contributed by atoms with van der Waals surface area (Å²) >= 11 is 0. The number of fused-ring (bicyclic) bond motifs is 1. The van der Waals surface area contributed by atoms with E-state index in [9.17, 15) is 4.79 Å². The van der Waals surface area contributed by atoms with Crippen LogP contribution in [-0.4, -0.2) is 61.5 Å². The first-order chi connectivity index (χ1) is 11.2. The first-order valence-electron chi connectivity index (χ1n) is 9.32. The van der Waals surface area contributed by atoms with Crippen LogP contribution in [0, 0.1) is 5.92 Å². The molecule has 0 radical (unpaired) electrons. The van der Waals surface area contributed by atoms with Crippen LogP contribution < -0.4 is 0 Å². The molecule has 0 bridgehead atoms.